The quantitative estimate of drug-likeness (QED) is 0.879. The zero-order valence-electron chi connectivity index (χ0n) is 15.8. The van der Waals surface area contributed by atoms with Crippen LogP contribution in [0.1, 0.15) is 61.7 Å². The van der Waals surface area contributed by atoms with Gasteiger partial charge in [0.2, 0.25) is 0 Å². The molecule has 1 unspecified atom stereocenters. The highest BCUT2D eigenvalue weighted by molar-refractivity contribution is 5.98. The molecule has 5 heteroatoms. The van der Waals surface area contributed by atoms with Gasteiger partial charge in [-0.05, 0) is 56.7 Å². The second-order valence-electron chi connectivity index (χ2n) is 8.22. The molecule has 0 aromatic carbocycles. The van der Waals surface area contributed by atoms with E-state index in [0.29, 0.717) is 5.92 Å². The fraction of sp³-hybridized carbons (Fsp3) is 0.714. The molecule has 4 rings (SSSR count). The molecular formula is C21H32N4O. The molecule has 1 atom stereocenters. The van der Waals surface area contributed by atoms with Gasteiger partial charge in [-0.3, -0.25) is 4.79 Å². The summed E-state index contributed by atoms with van der Waals surface area (Å²) in [4.78, 5) is 21.9. The van der Waals surface area contributed by atoms with Gasteiger partial charge in [0, 0.05) is 38.4 Å². The van der Waals surface area contributed by atoms with Crippen LogP contribution in [0.3, 0.4) is 0 Å². The van der Waals surface area contributed by atoms with Crippen molar-refractivity contribution in [2.75, 3.05) is 38.0 Å². The molecule has 3 aliphatic rings. The predicted molar refractivity (Wildman–Crippen MR) is 104 cm³/mol. The highest BCUT2D eigenvalue weighted by Gasteiger charge is 2.29. The third-order valence-electron chi connectivity index (χ3n) is 6.40. The Morgan fingerprint density at radius 1 is 1.08 bits per heavy atom. The van der Waals surface area contributed by atoms with E-state index in [4.69, 9.17) is 0 Å². The lowest BCUT2D eigenvalue weighted by Crippen LogP contribution is -2.35. The molecule has 142 valence electrons. The summed E-state index contributed by atoms with van der Waals surface area (Å²) in [5.41, 5.74) is 0.733. The number of nitrogens with one attached hydrogen (secondary N) is 1. The van der Waals surface area contributed by atoms with Gasteiger partial charge in [0.05, 0.1) is 5.56 Å². The van der Waals surface area contributed by atoms with Crippen LogP contribution >= 0.6 is 0 Å². The van der Waals surface area contributed by atoms with Crippen molar-refractivity contribution in [1.29, 1.82) is 0 Å². The molecule has 1 N–H and O–H groups in total. The van der Waals surface area contributed by atoms with Gasteiger partial charge >= 0.3 is 0 Å². The highest BCUT2D eigenvalue weighted by atomic mass is 16.2. The zero-order valence-corrected chi connectivity index (χ0v) is 15.8. The normalized spacial score (nSPS) is 24.9. The highest BCUT2D eigenvalue weighted by Crippen LogP contribution is 2.28. The topological polar surface area (TPSA) is 48.5 Å². The molecule has 0 radical (unpaired) electrons. The smallest absolute Gasteiger partial charge is 0.257 e. The molecule has 1 aromatic rings. The maximum Gasteiger partial charge on any atom is 0.257 e. The van der Waals surface area contributed by atoms with E-state index in [1.165, 1.54) is 51.6 Å². The maximum atomic E-state index is 12.8. The summed E-state index contributed by atoms with van der Waals surface area (Å²) in [6.07, 6.45) is 12.3. The van der Waals surface area contributed by atoms with Gasteiger partial charge in [0.1, 0.15) is 5.82 Å². The summed E-state index contributed by atoms with van der Waals surface area (Å²) in [6.45, 7) is 5.11. The van der Waals surface area contributed by atoms with Crippen molar-refractivity contribution < 1.29 is 4.79 Å². The van der Waals surface area contributed by atoms with E-state index in [-0.39, 0.29) is 5.91 Å². The van der Waals surface area contributed by atoms with Crippen LogP contribution in [-0.4, -0.2) is 59.5 Å². The predicted octanol–water partition coefficient (Wildman–Crippen LogP) is 3.38. The van der Waals surface area contributed by atoms with Gasteiger partial charge in [-0.1, -0.05) is 19.3 Å². The standard InChI is InChI=1S/C21H32N4O/c26-21(24-12-4-5-13-24)19-9-6-11-22-20(19)23-15-17-10-14-25(16-17)18-7-2-1-3-8-18/h6,9,11,17-18H,1-5,7-8,10,12-16H2,(H,22,23). The fourth-order valence-corrected chi connectivity index (χ4v) is 4.86. The van der Waals surface area contributed by atoms with Gasteiger partial charge in [-0.2, -0.15) is 0 Å². The largest absolute Gasteiger partial charge is 0.369 e. The first-order chi connectivity index (χ1) is 12.8. The van der Waals surface area contributed by atoms with Crippen molar-refractivity contribution in [3.8, 4) is 0 Å². The van der Waals surface area contributed by atoms with E-state index >= 15 is 0 Å². The Hall–Kier alpha value is -1.62. The third kappa shape index (κ3) is 4.03. The summed E-state index contributed by atoms with van der Waals surface area (Å²) in [5, 5.41) is 3.50. The van der Waals surface area contributed by atoms with E-state index < -0.39 is 0 Å². The van der Waals surface area contributed by atoms with Crippen molar-refractivity contribution >= 4 is 11.7 Å². The molecule has 0 spiro atoms. The Morgan fingerprint density at radius 3 is 2.69 bits per heavy atom. The molecule has 2 saturated heterocycles. The number of hydrogen-bond acceptors (Lipinski definition) is 4. The summed E-state index contributed by atoms with van der Waals surface area (Å²) in [5.74, 6) is 1.56. The fourth-order valence-electron chi connectivity index (χ4n) is 4.86. The Morgan fingerprint density at radius 2 is 1.88 bits per heavy atom. The monoisotopic (exact) mass is 356 g/mol. The third-order valence-corrected chi connectivity index (χ3v) is 6.40. The van der Waals surface area contributed by atoms with Crippen LogP contribution in [0.4, 0.5) is 5.82 Å². The van der Waals surface area contributed by atoms with E-state index in [9.17, 15) is 4.79 Å². The minimum absolute atomic E-state index is 0.133. The Bertz CT molecular complexity index is 608. The van der Waals surface area contributed by atoms with Crippen LogP contribution in [0.25, 0.3) is 0 Å². The SMILES string of the molecule is O=C(c1cccnc1NCC1CCN(C2CCCCC2)C1)N1CCCC1. The number of likely N-dealkylation sites (tertiary alicyclic amines) is 2. The number of aromatic nitrogens is 1. The van der Waals surface area contributed by atoms with Gasteiger partial charge in [0.25, 0.3) is 5.91 Å². The van der Waals surface area contributed by atoms with Crippen LogP contribution < -0.4 is 5.32 Å². The molecule has 2 aliphatic heterocycles. The molecule has 1 amide bonds. The molecule has 1 aliphatic carbocycles. The molecule has 5 nitrogen and oxygen atoms in total. The molecule has 0 bridgehead atoms. The van der Waals surface area contributed by atoms with Gasteiger partial charge in [-0.15, -0.1) is 0 Å². The van der Waals surface area contributed by atoms with Crippen LogP contribution in [-0.2, 0) is 0 Å². The maximum absolute atomic E-state index is 12.8. The first kappa shape index (κ1) is 17.8. The number of rotatable bonds is 5. The average molecular weight is 357 g/mol. The Kier molecular flexibility index (Phi) is 5.73. The lowest BCUT2D eigenvalue weighted by Gasteiger charge is -2.31. The van der Waals surface area contributed by atoms with Crippen LogP contribution in [0, 0.1) is 5.92 Å². The number of hydrogen-bond donors (Lipinski definition) is 1. The van der Waals surface area contributed by atoms with Gasteiger partial charge < -0.3 is 15.1 Å². The van der Waals surface area contributed by atoms with Crippen molar-refractivity contribution in [2.45, 2.75) is 57.4 Å². The molecular weight excluding hydrogens is 324 g/mol. The summed E-state index contributed by atoms with van der Waals surface area (Å²) in [7, 11) is 0. The minimum Gasteiger partial charge on any atom is -0.369 e. The lowest BCUT2D eigenvalue weighted by atomic mass is 9.94. The van der Waals surface area contributed by atoms with E-state index in [1.54, 1.807) is 6.20 Å². The van der Waals surface area contributed by atoms with Crippen molar-refractivity contribution in [3.63, 3.8) is 0 Å². The van der Waals surface area contributed by atoms with Gasteiger partial charge in [0.15, 0.2) is 0 Å². The zero-order chi connectivity index (χ0) is 17.8. The number of carbonyl (C=O) groups is 1. The number of nitrogens with zero attached hydrogens (tertiary/aromatic N) is 3. The summed E-state index contributed by atoms with van der Waals surface area (Å²) >= 11 is 0. The number of amides is 1. The first-order valence-electron chi connectivity index (χ1n) is 10.5. The number of anilines is 1. The van der Waals surface area contributed by atoms with Crippen LogP contribution in [0.5, 0.6) is 0 Å². The summed E-state index contributed by atoms with van der Waals surface area (Å²) in [6, 6.07) is 4.60. The Labute approximate surface area is 157 Å². The molecule has 3 heterocycles. The van der Waals surface area contributed by atoms with E-state index in [2.05, 4.69) is 15.2 Å². The minimum atomic E-state index is 0.133. The van der Waals surface area contributed by atoms with Crippen molar-refractivity contribution in [3.05, 3.63) is 23.9 Å². The average Bonchev–Trinajstić information content (AvgIpc) is 3.39. The van der Waals surface area contributed by atoms with Gasteiger partial charge in [-0.25, -0.2) is 4.98 Å². The lowest BCUT2D eigenvalue weighted by molar-refractivity contribution is 0.0793. The van der Waals surface area contributed by atoms with E-state index in [0.717, 1.165) is 49.9 Å². The molecule has 1 aromatic heterocycles. The van der Waals surface area contributed by atoms with Crippen molar-refractivity contribution in [2.24, 2.45) is 5.92 Å². The molecule has 26 heavy (non-hydrogen) atoms. The number of carbonyl (C=O) groups excluding carboxylic acids is 1. The first-order valence-corrected chi connectivity index (χ1v) is 10.5. The van der Waals surface area contributed by atoms with Crippen molar-refractivity contribution in [1.82, 2.24) is 14.8 Å². The second kappa shape index (κ2) is 8.38. The summed E-state index contributed by atoms with van der Waals surface area (Å²) < 4.78 is 0. The molecule has 1 saturated carbocycles. The number of pyridine rings is 1. The molecule has 3 fully saturated rings. The Balaban J connectivity index is 1.33. The van der Waals surface area contributed by atoms with Crippen LogP contribution in [0.15, 0.2) is 18.3 Å². The second-order valence-corrected chi connectivity index (χ2v) is 8.22. The van der Waals surface area contributed by atoms with E-state index in [1.807, 2.05) is 17.0 Å². The van der Waals surface area contributed by atoms with Crippen LogP contribution in [0.2, 0.25) is 0 Å².